The van der Waals surface area contributed by atoms with Crippen molar-refractivity contribution in [2.45, 2.75) is 18.5 Å². The number of carboxylic acid groups (broad SMARTS) is 1. The third-order valence-corrected chi connectivity index (χ3v) is 3.55. The number of hydrogen-bond acceptors (Lipinski definition) is 3. The van der Waals surface area contributed by atoms with E-state index in [0.29, 0.717) is 11.4 Å². The molecule has 0 saturated heterocycles. The number of hydrogen-bond donors (Lipinski definition) is 3. The molecule has 2 aromatic rings. The number of rotatable bonds is 2. The van der Waals surface area contributed by atoms with Crippen LogP contribution in [0.4, 0.5) is 0 Å². The van der Waals surface area contributed by atoms with Crippen LogP contribution in [0, 0.1) is 0 Å². The molecule has 3 rings (SSSR count). The maximum absolute atomic E-state index is 11.2. The first-order valence-corrected chi connectivity index (χ1v) is 6.29. The average Bonchev–Trinajstić information content (AvgIpc) is 2.86. The molecule has 0 spiro atoms. The van der Waals surface area contributed by atoms with E-state index in [1.54, 1.807) is 18.5 Å². The third-order valence-electron chi connectivity index (χ3n) is 3.30. The number of aromatic amines is 1. The van der Waals surface area contributed by atoms with Crippen molar-refractivity contribution in [2.24, 2.45) is 0 Å². The van der Waals surface area contributed by atoms with Crippen molar-refractivity contribution in [1.82, 2.24) is 15.3 Å². The Morgan fingerprint density at radius 2 is 2.11 bits per heavy atom. The molecule has 0 aliphatic carbocycles. The molecule has 0 radical (unpaired) electrons. The van der Waals surface area contributed by atoms with E-state index in [4.69, 9.17) is 11.6 Å². The molecule has 1 aliphatic rings. The van der Waals surface area contributed by atoms with E-state index in [2.05, 4.69) is 15.3 Å². The number of aromatic nitrogens is 2. The highest BCUT2D eigenvalue weighted by Gasteiger charge is 2.32. The van der Waals surface area contributed by atoms with Crippen molar-refractivity contribution >= 4 is 17.6 Å². The van der Waals surface area contributed by atoms with Gasteiger partial charge in [0, 0.05) is 17.1 Å². The van der Waals surface area contributed by atoms with Gasteiger partial charge in [0.05, 0.1) is 18.1 Å². The largest absolute Gasteiger partial charge is 0.480 e. The molecule has 0 amide bonds. The van der Waals surface area contributed by atoms with E-state index < -0.39 is 12.0 Å². The molecule has 6 heteroatoms. The quantitative estimate of drug-likeness (QED) is 0.781. The first-order valence-electron chi connectivity index (χ1n) is 5.91. The van der Waals surface area contributed by atoms with Crippen LogP contribution in [0.2, 0.25) is 5.02 Å². The molecule has 2 heterocycles. The molecule has 0 bridgehead atoms. The first kappa shape index (κ1) is 12.2. The van der Waals surface area contributed by atoms with Crippen LogP contribution in [0.25, 0.3) is 0 Å². The van der Waals surface area contributed by atoms with E-state index in [0.717, 1.165) is 17.0 Å². The third kappa shape index (κ3) is 2.22. The number of imidazole rings is 1. The average molecular weight is 278 g/mol. The van der Waals surface area contributed by atoms with E-state index >= 15 is 0 Å². The van der Waals surface area contributed by atoms with Gasteiger partial charge in [-0.25, -0.2) is 4.98 Å². The monoisotopic (exact) mass is 277 g/mol. The lowest BCUT2D eigenvalue weighted by Crippen LogP contribution is -2.45. The lowest BCUT2D eigenvalue weighted by atomic mass is 9.94. The SMILES string of the molecule is O=C(O)[C@H]1Cc2[nH]cnc2[C@H](c2ccc(Cl)cc2)N1. The van der Waals surface area contributed by atoms with Crippen molar-refractivity contribution in [3.8, 4) is 0 Å². The minimum absolute atomic E-state index is 0.228. The number of nitrogens with one attached hydrogen (secondary N) is 2. The van der Waals surface area contributed by atoms with Gasteiger partial charge in [-0.15, -0.1) is 0 Å². The van der Waals surface area contributed by atoms with Crippen LogP contribution >= 0.6 is 11.6 Å². The molecule has 5 nitrogen and oxygen atoms in total. The highest BCUT2D eigenvalue weighted by molar-refractivity contribution is 6.30. The molecule has 1 aromatic heterocycles. The Hall–Kier alpha value is -1.85. The Morgan fingerprint density at radius 3 is 2.79 bits per heavy atom. The minimum Gasteiger partial charge on any atom is -0.480 e. The Balaban J connectivity index is 2.00. The Kier molecular flexibility index (Phi) is 3.00. The minimum atomic E-state index is -0.862. The second-order valence-electron chi connectivity index (χ2n) is 4.51. The molecule has 0 unspecified atom stereocenters. The van der Waals surface area contributed by atoms with Crippen molar-refractivity contribution in [2.75, 3.05) is 0 Å². The van der Waals surface area contributed by atoms with Crippen LogP contribution in [0.15, 0.2) is 30.6 Å². The number of halogens is 1. The number of carboxylic acids is 1. The fourth-order valence-corrected chi connectivity index (χ4v) is 2.48. The molecule has 2 atom stereocenters. The van der Waals surface area contributed by atoms with Gasteiger partial charge >= 0.3 is 5.97 Å². The van der Waals surface area contributed by atoms with Gasteiger partial charge in [0.15, 0.2) is 0 Å². The summed E-state index contributed by atoms with van der Waals surface area (Å²) < 4.78 is 0. The zero-order valence-corrected chi connectivity index (χ0v) is 10.7. The predicted octanol–water partition coefficient (Wildman–Crippen LogP) is 1.75. The summed E-state index contributed by atoms with van der Waals surface area (Å²) in [6.45, 7) is 0. The van der Waals surface area contributed by atoms with Crippen LogP contribution in [-0.4, -0.2) is 27.1 Å². The summed E-state index contributed by atoms with van der Waals surface area (Å²) in [7, 11) is 0. The summed E-state index contributed by atoms with van der Waals surface area (Å²) in [6.07, 6.45) is 2.01. The number of fused-ring (bicyclic) bond motifs is 1. The number of aliphatic carboxylic acids is 1. The summed E-state index contributed by atoms with van der Waals surface area (Å²) in [5.74, 6) is -0.862. The van der Waals surface area contributed by atoms with E-state index in [-0.39, 0.29) is 6.04 Å². The zero-order chi connectivity index (χ0) is 13.4. The van der Waals surface area contributed by atoms with Crippen molar-refractivity contribution < 1.29 is 9.90 Å². The van der Waals surface area contributed by atoms with Gasteiger partial charge in [-0.3, -0.25) is 10.1 Å². The van der Waals surface area contributed by atoms with Gasteiger partial charge in [-0.05, 0) is 17.7 Å². The topological polar surface area (TPSA) is 78.0 Å². The smallest absolute Gasteiger partial charge is 0.321 e. The van der Waals surface area contributed by atoms with Crippen molar-refractivity contribution in [1.29, 1.82) is 0 Å². The number of nitrogens with zero attached hydrogens (tertiary/aromatic N) is 1. The lowest BCUT2D eigenvalue weighted by molar-refractivity contribution is -0.139. The van der Waals surface area contributed by atoms with Crippen molar-refractivity contribution in [3.05, 3.63) is 52.6 Å². The van der Waals surface area contributed by atoms with Gasteiger partial charge in [0.25, 0.3) is 0 Å². The van der Waals surface area contributed by atoms with Crippen molar-refractivity contribution in [3.63, 3.8) is 0 Å². The van der Waals surface area contributed by atoms with E-state index in [1.807, 2.05) is 12.1 Å². The number of H-pyrrole nitrogens is 1. The van der Waals surface area contributed by atoms with Gasteiger partial charge in [-0.2, -0.15) is 0 Å². The summed E-state index contributed by atoms with van der Waals surface area (Å²) >= 11 is 5.87. The van der Waals surface area contributed by atoms with E-state index in [1.165, 1.54) is 0 Å². The number of benzene rings is 1. The van der Waals surface area contributed by atoms with Gasteiger partial charge in [0.2, 0.25) is 0 Å². The van der Waals surface area contributed by atoms with E-state index in [9.17, 15) is 9.90 Å². The van der Waals surface area contributed by atoms with Gasteiger partial charge in [0.1, 0.15) is 6.04 Å². The molecule has 19 heavy (non-hydrogen) atoms. The summed E-state index contributed by atoms with van der Waals surface area (Å²) in [5.41, 5.74) is 2.66. The molecule has 0 fully saturated rings. The molecule has 1 aliphatic heterocycles. The van der Waals surface area contributed by atoms with Crippen LogP contribution in [0.3, 0.4) is 0 Å². The first-order chi connectivity index (χ1) is 9.15. The summed E-state index contributed by atoms with van der Waals surface area (Å²) in [5, 5.41) is 12.9. The second-order valence-corrected chi connectivity index (χ2v) is 4.95. The van der Waals surface area contributed by atoms with Gasteiger partial charge < -0.3 is 10.1 Å². The fourth-order valence-electron chi connectivity index (χ4n) is 2.35. The van der Waals surface area contributed by atoms with Crippen LogP contribution < -0.4 is 5.32 Å². The van der Waals surface area contributed by atoms with Crippen LogP contribution in [0.5, 0.6) is 0 Å². The standard InChI is InChI=1S/C13H12ClN3O2/c14-8-3-1-7(2-4-8)11-12-9(15-6-16-12)5-10(17-11)13(18)19/h1-4,6,10-11,17H,5H2,(H,15,16)(H,18,19)/t10-,11+/m1/s1. The molecule has 98 valence electrons. The lowest BCUT2D eigenvalue weighted by Gasteiger charge is -2.28. The second kappa shape index (κ2) is 4.68. The molecular weight excluding hydrogens is 266 g/mol. The Morgan fingerprint density at radius 1 is 1.37 bits per heavy atom. The maximum Gasteiger partial charge on any atom is 0.321 e. The highest BCUT2D eigenvalue weighted by Crippen LogP contribution is 2.29. The summed E-state index contributed by atoms with van der Waals surface area (Å²) in [4.78, 5) is 18.5. The highest BCUT2D eigenvalue weighted by atomic mass is 35.5. The normalized spacial score (nSPS) is 21.9. The molecular formula is C13H12ClN3O2. The Bertz CT molecular complexity index is 609. The predicted molar refractivity (Wildman–Crippen MR) is 70.1 cm³/mol. The zero-order valence-electron chi connectivity index (χ0n) is 9.93. The Labute approximate surface area is 114 Å². The summed E-state index contributed by atoms with van der Waals surface area (Å²) in [6, 6.07) is 6.48. The molecule has 1 aromatic carbocycles. The fraction of sp³-hybridized carbons (Fsp3) is 0.231. The molecule has 0 saturated carbocycles. The maximum atomic E-state index is 11.2. The van der Waals surface area contributed by atoms with Crippen LogP contribution in [0.1, 0.15) is 23.0 Å². The van der Waals surface area contributed by atoms with Gasteiger partial charge in [-0.1, -0.05) is 23.7 Å². The number of carbonyl (C=O) groups is 1. The molecule has 3 N–H and O–H groups in total. The van der Waals surface area contributed by atoms with Crippen LogP contribution in [-0.2, 0) is 11.2 Å².